The van der Waals surface area contributed by atoms with E-state index < -0.39 is 0 Å². The summed E-state index contributed by atoms with van der Waals surface area (Å²) in [4.78, 5) is 17.2. The maximum Gasteiger partial charge on any atom is 0.133 e. The van der Waals surface area contributed by atoms with Gasteiger partial charge in [0.1, 0.15) is 5.75 Å². The number of aryl methyl sites for hydroxylation is 1. The number of hydrogen-bond acceptors (Lipinski definition) is 5. The Balaban J connectivity index is 1.73. The summed E-state index contributed by atoms with van der Waals surface area (Å²) >= 11 is 0. The van der Waals surface area contributed by atoms with E-state index in [2.05, 4.69) is 20.0 Å². The van der Waals surface area contributed by atoms with Crippen molar-refractivity contribution in [1.29, 1.82) is 0 Å². The molecule has 0 amide bonds. The first kappa shape index (κ1) is 17.5. The first-order valence-corrected chi connectivity index (χ1v) is 8.35. The van der Waals surface area contributed by atoms with Gasteiger partial charge in [0.05, 0.1) is 24.5 Å². The molecule has 0 saturated heterocycles. The standard InChI is InChI=1S/C21H20N4O/c1-16-10-17(12-22-14-19-6-2-4-8-24-19)21(26)18(11-16)13-23-15-20-7-3-5-9-25-20/h2-13,26H,14-15H2,1H3. The van der Waals surface area contributed by atoms with Crippen molar-refractivity contribution >= 4 is 12.4 Å². The maximum atomic E-state index is 10.5. The molecule has 5 nitrogen and oxygen atoms in total. The summed E-state index contributed by atoms with van der Waals surface area (Å²) in [7, 11) is 0. The summed E-state index contributed by atoms with van der Waals surface area (Å²) in [6, 6.07) is 15.2. The lowest BCUT2D eigenvalue weighted by atomic mass is 10.1. The highest BCUT2D eigenvalue weighted by atomic mass is 16.3. The van der Waals surface area contributed by atoms with Crippen LogP contribution in [0.5, 0.6) is 5.75 Å². The number of benzene rings is 1. The number of rotatable bonds is 6. The second kappa shape index (κ2) is 8.67. The van der Waals surface area contributed by atoms with Crippen LogP contribution in [0.3, 0.4) is 0 Å². The molecule has 130 valence electrons. The highest BCUT2D eigenvalue weighted by molar-refractivity contribution is 5.92. The van der Waals surface area contributed by atoms with E-state index in [1.165, 1.54) is 0 Å². The van der Waals surface area contributed by atoms with E-state index in [0.29, 0.717) is 24.2 Å². The van der Waals surface area contributed by atoms with E-state index in [1.54, 1.807) is 24.8 Å². The maximum absolute atomic E-state index is 10.5. The van der Waals surface area contributed by atoms with E-state index in [9.17, 15) is 5.11 Å². The molecule has 0 atom stereocenters. The third kappa shape index (κ3) is 4.83. The quantitative estimate of drug-likeness (QED) is 0.693. The number of aromatic nitrogens is 2. The largest absolute Gasteiger partial charge is 0.507 e. The molecular weight excluding hydrogens is 324 g/mol. The summed E-state index contributed by atoms with van der Waals surface area (Å²) in [6.45, 7) is 2.92. The molecule has 2 heterocycles. The average molecular weight is 344 g/mol. The molecule has 0 aliphatic rings. The lowest BCUT2D eigenvalue weighted by molar-refractivity contribution is 0.473. The zero-order chi connectivity index (χ0) is 18.2. The van der Waals surface area contributed by atoms with Crippen molar-refractivity contribution in [2.75, 3.05) is 0 Å². The van der Waals surface area contributed by atoms with Crippen LogP contribution in [0.25, 0.3) is 0 Å². The van der Waals surface area contributed by atoms with E-state index in [1.807, 2.05) is 55.5 Å². The van der Waals surface area contributed by atoms with Crippen molar-refractivity contribution in [1.82, 2.24) is 9.97 Å². The van der Waals surface area contributed by atoms with Crippen molar-refractivity contribution < 1.29 is 5.11 Å². The Bertz CT molecular complexity index is 833. The number of phenolic OH excluding ortho intramolecular Hbond substituents is 1. The minimum Gasteiger partial charge on any atom is -0.507 e. The molecule has 2 aromatic heterocycles. The predicted molar refractivity (Wildman–Crippen MR) is 104 cm³/mol. The second-order valence-corrected chi connectivity index (χ2v) is 5.87. The van der Waals surface area contributed by atoms with Crippen molar-refractivity contribution in [3.05, 3.63) is 89.0 Å². The summed E-state index contributed by atoms with van der Waals surface area (Å²) in [5.74, 6) is 0.171. The van der Waals surface area contributed by atoms with Crippen LogP contribution in [0.15, 0.2) is 70.9 Å². The Labute approximate surface area is 152 Å². The van der Waals surface area contributed by atoms with Crippen LogP contribution in [0.4, 0.5) is 0 Å². The molecule has 3 rings (SSSR count). The van der Waals surface area contributed by atoms with Crippen LogP contribution in [0, 0.1) is 6.92 Å². The van der Waals surface area contributed by atoms with Crippen molar-refractivity contribution in [2.45, 2.75) is 20.0 Å². The highest BCUT2D eigenvalue weighted by Gasteiger charge is 2.05. The molecule has 0 bridgehead atoms. The third-order valence-electron chi connectivity index (χ3n) is 3.73. The van der Waals surface area contributed by atoms with Crippen molar-refractivity contribution in [3.63, 3.8) is 0 Å². The molecule has 0 spiro atoms. The molecule has 26 heavy (non-hydrogen) atoms. The molecular formula is C21H20N4O. The minimum atomic E-state index is 0.171. The zero-order valence-electron chi connectivity index (χ0n) is 14.6. The number of pyridine rings is 2. The first-order valence-electron chi connectivity index (χ1n) is 8.35. The number of hydrogen-bond donors (Lipinski definition) is 1. The van der Waals surface area contributed by atoms with Crippen LogP contribution in [0.2, 0.25) is 0 Å². The SMILES string of the molecule is Cc1cc(C=NCc2ccccn2)c(O)c(C=NCc2ccccn2)c1. The zero-order valence-corrected chi connectivity index (χ0v) is 14.6. The molecule has 5 heteroatoms. The fourth-order valence-electron chi connectivity index (χ4n) is 2.49. The highest BCUT2D eigenvalue weighted by Crippen LogP contribution is 2.22. The summed E-state index contributed by atoms with van der Waals surface area (Å²) in [5.41, 5.74) is 4.13. The van der Waals surface area contributed by atoms with E-state index in [-0.39, 0.29) is 5.75 Å². The number of aromatic hydroxyl groups is 1. The van der Waals surface area contributed by atoms with Gasteiger partial charge in [0.2, 0.25) is 0 Å². The van der Waals surface area contributed by atoms with Gasteiger partial charge in [-0.3, -0.25) is 20.0 Å². The lowest BCUT2D eigenvalue weighted by Gasteiger charge is -2.05. The Hall–Kier alpha value is -3.34. The van der Waals surface area contributed by atoms with Gasteiger partial charge < -0.3 is 5.11 Å². The van der Waals surface area contributed by atoms with Crippen LogP contribution in [-0.4, -0.2) is 27.5 Å². The molecule has 0 aliphatic carbocycles. The van der Waals surface area contributed by atoms with E-state index in [4.69, 9.17) is 0 Å². The smallest absolute Gasteiger partial charge is 0.133 e. The molecule has 3 aromatic rings. The van der Waals surface area contributed by atoms with E-state index >= 15 is 0 Å². The molecule has 0 unspecified atom stereocenters. The molecule has 1 N–H and O–H groups in total. The lowest BCUT2D eigenvalue weighted by Crippen LogP contribution is -1.94. The average Bonchev–Trinajstić information content (AvgIpc) is 2.67. The van der Waals surface area contributed by atoms with Gasteiger partial charge >= 0.3 is 0 Å². The number of aliphatic imine (C=N–C) groups is 2. The molecule has 0 saturated carbocycles. The third-order valence-corrected chi connectivity index (χ3v) is 3.73. The van der Waals surface area contributed by atoms with Gasteiger partial charge in [-0.05, 0) is 48.9 Å². The van der Waals surface area contributed by atoms with Gasteiger partial charge in [0.15, 0.2) is 0 Å². The Kier molecular flexibility index (Phi) is 5.83. The molecule has 1 aromatic carbocycles. The van der Waals surface area contributed by atoms with Gasteiger partial charge in [0.25, 0.3) is 0 Å². The normalized spacial score (nSPS) is 11.4. The van der Waals surface area contributed by atoms with Crippen LogP contribution in [-0.2, 0) is 13.1 Å². The summed E-state index contributed by atoms with van der Waals surface area (Å²) in [6.07, 6.45) is 6.83. The fraction of sp³-hybridized carbons (Fsp3) is 0.143. The molecule has 0 radical (unpaired) electrons. The number of nitrogens with zero attached hydrogens (tertiary/aromatic N) is 4. The monoisotopic (exact) mass is 344 g/mol. The van der Waals surface area contributed by atoms with Gasteiger partial charge in [0, 0.05) is 35.9 Å². The van der Waals surface area contributed by atoms with Crippen molar-refractivity contribution in [2.24, 2.45) is 9.98 Å². The Morgan fingerprint density at radius 2 is 1.35 bits per heavy atom. The van der Waals surface area contributed by atoms with Gasteiger partial charge in [-0.2, -0.15) is 0 Å². The number of phenols is 1. The first-order chi connectivity index (χ1) is 12.7. The van der Waals surface area contributed by atoms with Gasteiger partial charge in [-0.1, -0.05) is 12.1 Å². The Morgan fingerprint density at radius 3 is 1.77 bits per heavy atom. The van der Waals surface area contributed by atoms with Crippen LogP contribution < -0.4 is 0 Å². The fourth-order valence-corrected chi connectivity index (χ4v) is 2.49. The topological polar surface area (TPSA) is 70.7 Å². The molecule has 0 aliphatic heterocycles. The minimum absolute atomic E-state index is 0.171. The summed E-state index contributed by atoms with van der Waals surface area (Å²) in [5, 5.41) is 10.5. The Morgan fingerprint density at radius 1 is 0.846 bits per heavy atom. The van der Waals surface area contributed by atoms with Crippen LogP contribution in [0.1, 0.15) is 28.1 Å². The molecule has 0 fully saturated rings. The van der Waals surface area contributed by atoms with Crippen LogP contribution >= 0.6 is 0 Å². The van der Waals surface area contributed by atoms with E-state index in [0.717, 1.165) is 17.0 Å². The summed E-state index contributed by atoms with van der Waals surface area (Å²) < 4.78 is 0. The van der Waals surface area contributed by atoms with Crippen molar-refractivity contribution in [3.8, 4) is 5.75 Å². The predicted octanol–water partition coefficient (Wildman–Crippen LogP) is 3.73. The van der Waals surface area contributed by atoms with Gasteiger partial charge in [-0.25, -0.2) is 0 Å². The second-order valence-electron chi connectivity index (χ2n) is 5.87. The van der Waals surface area contributed by atoms with Gasteiger partial charge in [-0.15, -0.1) is 0 Å².